The fraction of sp³-hybridized carbons (Fsp3) is 0.130. The summed E-state index contributed by atoms with van der Waals surface area (Å²) in [7, 11) is 0. The normalized spacial score (nSPS) is 18.2. The third-order valence-electron chi connectivity index (χ3n) is 5.23. The maximum Gasteiger partial charge on any atom is 0.325 e. The minimum Gasteiger partial charge on any atom is -0.323 e. The van der Waals surface area contributed by atoms with Crippen LogP contribution in [-0.4, -0.2) is 29.3 Å². The molecule has 1 saturated heterocycles. The highest BCUT2D eigenvalue weighted by Gasteiger charge is 2.50. The summed E-state index contributed by atoms with van der Waals surface area (Å²) in [4.78, 5) is 39.2. The molecule has 0 aliphatic carbocycles. The van der Waals surface area contributed by atoms with Crippen molar-refractivity contribution in [3.63, 3.8) is 0 Å². The number of carbonyl (C=O) groups excluding carboxylic acids is 3. The number of nitrogens with zero attached hydrogens (tertiary/aromatic N) is 2. The summed E-state index contributed by atoms with van der Waals surface area (Å²) in [5.74, 6) is -1.07. The highest BCUT2D eigenvalue weighted by Crippen LogP contribution is 2.33. The second kappa shape index (κ2) is 7.33. The molecule has 3 aromatic rings. The molecule has 2 N–H and O–H groups in total. The van der Waals surface area contributed by atoms with Gasteiger partial charge in [-0.25, -0.2) is 4.79 Å². The number of hydrogen-bond acceptors (Lipinski definition) is 4. The van der Waals surface area contributed by atoms with Gasteiger partial charge in [-0.15, -0.1) is 0 Å². The van der Waals surface area contributed by atoms with Crippen LogP contribution in [0.1, 0.15) is 18.1 Å². The van der Waals surface area contributed by atoms with E-state index in [9.17, 15) is 14.4 Å². The first-order valence-electron chi connectivity index (χ1n) is 9.35. The Labute approximate surface area is 172 Å². The Bertz CT molecular complexity index is 1230. The van der Waals surface area contributed by atoms with E-state index in [1.54, 1.807) is 37.3 Å². The molecule has 0 bridgehead atoms. The highest BCUT2D eigenvalue weighted by atomic mass is 16.2. The van der Waals surface area contributed by atoms with Crippen LogP contribution in [0, 0.1) is 11.3 Å². The molecule has 7 nitrogen and oxygen atoms in total. The number of rotatable bonds is 4. The number of amides is 4. The fourth-order valence-electron chi connectivity index (χ4n) is 3.71. The van der Waals surface area contributed by atoms with Gasteiger partial charge < -0.3 is 10.6 Å². The number of carbonyl (C=O) groups is 3. The van der Waals surface area contributed by atoms with Gasteiger partial charge in [0.15, 0.2) is 0 Å². The van der Waals surface area contributed by atoms with Crippen LogP contribution in [0.5, 0.6) is 0 Å². The monoisotopic (exact) mass is 398 g/mol. The molecule has 0 spiro atoms. The standard InChI is InChI=1S/C23H18N4O3/c1-23(18-11-6-9-15-7-2-4-10-17(15)18)21(29)27(22(30)26-23)14-20(28)25-19-12-5-3-8-16(19)13-24/h2-12H,14H2,1H3,(H,25,28)(H,26,30)/t23-/m1/s1. The van der Waals surface area contributed by atoms with E-state index in [1.807, 2.05) is 42.5 Å². The Morgan fingerprint density at radius 1 is 1.07 bits per heavy atom. The van der Waals surface area contributed by atoms with E-state index in [4.69, 9.17) is 5.26 Å². The minimum atomic E-state index is -1.29. The quantitative estimate of drug-likeness (QED) is 0.659. The van der Waals surface area contributed by atoms with Crippen LogP contribution in [0.4, 0.5) is 10.5 Å². The topological polar surface area (TPSA) is 102 Å². The lowest BCUT2D eigenvalue weighted by molar-refractivity contribution is -0.133. The third kappa shape index (κ3) is 3.14. The molecule has 0 saturated carbocycles. The number of para-hydroxylation sites is 1. The van der Waals surface area contributed by atoms with Gasteiger partial charge in [0.25, 0.3) is 5.91 Å². The molecule has 1 heterocycles. The van der Waals surface area contributed by atoms with Crippen LogP contribution in [0.3, 0.4) is 0 Å². The van der Waals surface area contributed by atoms with Crippen molar-refractivity contribution in [1.82, 2.24) is 10.2 Å². The predicted molar refractivity (Wildman–Crippen MR) is 111 cm³/mol. The molecule has 0 aromatic heterocycles. The molecule has 7 heteroatoms. The lowest BCUT2D eigenvalue weighted by atomic mass is 9.88. The van der Waals surface area contributed by atoms with Gasteiger partial charge in [-0.1, -0.05) is 54.6 Å². The van der Waals surface area contributed by atoms with Gasteiger partial charge in [-0.3, -0.25) is 14.5 Å². The van der Waals surface area contributed by atoms with Gasteiger partial charge in [0.05, 0.1) is 11.3 Å². The summed E-state index contributed by atoms with van der Waals surface area (Å²) in [5, 5.41) is 16.3. The van der Waals surface area contributed by atoms with Gasteiger partial charge in [-0.2, -0.15) is 5.26 Å². The summed E-state index contributed by atoms with van der Waals surface area (Å²) in [5.41, 5.74) is -0.00261. The maximum atomic E-state index is 13.2. The molecule has 1 fully saturated rings. The Morgan fingerprint density at radius 2 is 1.77 bits per heavy atom. The molecule has 1 aliphatic heterocycles. The molecular weight excluding hydrogens is 380 g/mol. The second-order valence-electron chi connectivity index (χ2n) is 7.18. The van der Waals surface area contributed by atoms with E-state index in [-0.39, 0.29) is 0 Å². The lowest BCUT2D eigenvalue weighted by Gasteiger charge is -2.24. The molecule has 4 amide bonds. The van der Waals surface area contributed by atoms with E-state index in [0.29, 0.717) is 16.8 Å². The number of benzene rings is 3. The number of imide groups is 1. The number of fused-ring (bicyclic) bond motifs is 1. The summed E-state index contributed by atoms with van der Waals surface area (Å²) in [6.07, 6.45) is 0. The van der Waals surface area contributed by atoms with Crippen molar-refractivity contribution < 1.29 is 14.4 Å². The van der Waals surface area contributed by atoms with Gasteiger partial charge in [-0.05, 0) is 35.4 Å². The molecule has 3 aromatic carbocycles. The zero-order valence-electron chi connectivity index (χ0n) is 16.2. The summed E-state index contributed by atoms with van der Waals surface area (Å²) < 4.78 is 0. The molecule has 4 rings (SSSR count). The van der Waals surface area contributed by atoms with Crippen molar-refractivity contribution in [2.75, 3.05) is 11.9 Å². The Balaban J connectivity index is 1.60. The van der Waals surface area contributed by atoms with Crippen molar-refractivity contribution >= 4 is 34.3 Å². The zero-order valence-corrected chi connectivity index (χ0v) is 16.2. The first kappa shape index (κ1) is 19.2. The third-order valence-corrected chi connectivity index (χ3v) is 5.23. The molecule has 0 unspecified atom stereocenters. The maximum absolute atomic E-state index is 13.2. The Morgan fingerprint density at radius 3 is 2.57 bits per heavy atom. The van der Waals surface area contributed by atoms with Crippen LogP contribution in [0.2, 0.25) is 0 Å². The van der Waals surface area contributed by atoms with E-state index in [0.717, 1.165) is 15.7 Å². The van der Waals surface area contributed by atoms with Gasteiger partial charge >= 0.3 is 6.03 Å². The van der Waals surface area contributed by atoms with Crippen LogP contribution < -0.4 is 10.6 Å². The molecular formula is C23H18N4O3. The molecule has 1 aliphatic rings. The van der Waals surface area contributed by atoms with E-state index < -0.39 is 29.9 Å². The smallest absolute Gasteiger partial charge is 0.323 e. The second-order valence-corrected chi connectivity index (χ2v) is 7.18. The Hall–Kier alpha value is -4.18. The largest absolute Gasteiger partial charge is 0.325 e. The van der Waals surface area contributed by atoms with Gasteiger partial charge in [0.2, 0.25) is 5.91 Å². The van der Waals surface area contributed by atoms with Crippen molar-refractivity contribution in [3.8, 4) is 6.07 Å². The number of nitrogens with one attached hydrogen (secondary N) is 2. The first-order valence-corrected chi connectivity index (χ1v) is 9.35. The van der Waals surface area contributed by atoms with E-state index in [2.05, 4.69) is 10.6 Å². The van der Waals surface area contributed by atoms with Crippen LogP contribution in [-0.2, 0) is 15.1 Å². The highest BCUT2D eigenvalue weighted by molar-refractivity contribution is 6.11. The molecule has 1 atom stereocenters. The molecule has 30 heavy (non-hydrogen) atoms. The van der Waals surface area contributed by atoms with Crippen LogP contribution in [0.25, 0.3) is 10.8 Å². The van der Waals surface area contributed by atoms with E-state index in [1.165, 1.54) is 0 Å². The summed E-state index contributed by atoms with van der Waals surface area (Å²) >= 11 is 0. The number of nitriles is 1. The van der Waals surface area contributed by atoms with Crippen molar-refractivity contribution in [2.45, 2.75) is 12.5 Å². The average molecular weight is 398 g/mol. The van der Waals surface area contributed by atoms with Crippen molar-refractivity contribution in [2.24, 2.45) is 0 Å². The van der Waals surface area contributed by atoms with Crippen LogP contribution in [0.15, 0.2) is 66.7 Å². The van der Waals surface area contributed by atoms with Crippen LogP contribution >= 0.6 is 0 Å². The van der Waals surface area contributed by atoms with Gasteiger partial charge in [0.1, 0.15) is 18.2 Å². The number of hydrogen-bond donors (Lipinski definition) is 2. The molecule has 148 valence electrons. The Kier molecular flexibility index (Phi) is 4.68. The number of urea groups is 1. The van der Waals surface area contributed by atoms with Crippen molar-refractivity contribution in [1.29, 1.82) is 5.26 Å². The fourth-order valence-corrected chi connectivity index (χ4v) is 3.71. The predicted octanol–water partition coefficient (Wildman–Crippen LogP) is 3.12. The summed E-state index contributed by atoms with van der Waals surface area (Å²) in [6, 6.07) is 21.0. The van der Waals surface area contributed by atoms with E-state index >= 15 is 0 Å². The van der Waals surface area contributed by atoms with Gasteiger partial charge in [0, 0.05) is 0 Å². The summed E-state index contributed by atoms with van der Waals surface area (Å²) in [6.45, 7) is 1.18. The van der Waals surface area contributed by atoms with Crippen molar-refractivity contribution in [3.05, 3.63) is 77.9 Å². The molecule has 0 radical (unpaired) electrons. The lowest BCUT2D eigenvalue weighted by Crippen LogP contribution is -2.42. The SMILES string of the molecule is C[C@]1(c2cccc3ccccc23)NC(=O)N(CC(=O)Nc2ccccc2C#N)C1=O. The number of anilines is 1. The minimum absolute atomic E-state index is 0.295. The average Bonchev–Trinajstić information content (AvgIpc) is 2.97. The first-order chi connectivity index (χ1) is 14.4. The zero-order chi connectivity index (χ0) is 21.3.